The molecule has 1 amide bonds. The van der Waals surface area contributed by atoms with Crippen molar-refractivity contribution in [2.75, 3.05) is 4.31 Å². The van der Waals surface area contributed by atoms with Gasteiger partial charge in [0.1, 0.15) is 5.58 Å². The maximum absolute atomic E-state index is 13.7. The summed E-state index contributed by atoms with van der Waals surface area (Å²) in [6.07, 6.45) is -0.0927. The Balaban J connectivity index is 1.88. The minimum absolute atomic E-state index is 0.0642. The summed E-state index contributed by atoms with van der Waals surface area (Å²) in [4.78, 5) is 24.5. The molecule has 0 aliphatic carbocycles. The Morgan fingerprint density at radius 1 is 1.00 bits per heavy atom. The normalized spacial score (nSPS) is 11.5. The molecule has 6 nitrogen and oxygen atoms in total. The zero-order chi connectivity index (χ0) is 22.2. The summed E-state index contributed by atoms with van der Waals surface area (Å²) in [6.45, 7) is 3.49. The van der Waals surface area contributed by atoms with Gasteiger partial charge in [-0.25, -0.2) is 17.5 Å². The van der Waals surface area contributed by atoms with Gasteiger partial charge in [-0.05, 0) is 54.8 Å². The predicted octanol–water partition coefficient (Wildman–Crippen LogP) is 4.44. The molecule has 1 aromatic heterocycles. The number of carbonyl (C=O) groups is 1. The van der Waals surface area contributed by atoms with Crippen LogP contribution in [-0.4, -0.2) is 14.3 Å². The van der Waals surface area contributed by atoms with Gasteiger partial charge in [0.05, 0.1) is 21.7 Å². The van der Waals surface area contributed by atoms with Crippen molar-refractivity contribution in [3.8, 4) is 0 Å². The molecule has 8 heteroatoms. The van der Waals surface area contributed by atoms with Crippen LogP contribution < -0.4 is 9.24 Å². The van der Waals surface area contributed by atoms with Gasteiger partial charge in [0.15, 0.2) is 0 Å². The number of nitrogens with zero attached hydrogens (tertiary/aromatic N) is 1. The summed E-state index contributed by atoms with van der Waals surface area (Å²) in [5.74, 6) is -0.595. The van der Waals surface area contributed by atoms with Gasteiger partial charge in [-0.1, -0.05) is 53.8 Å². The maximum atomic E-state index is 13.7. The van der Waals surface area contributed by atoms with E-state index in [0.29, 0.717) is 21.4 Å². The second-order valence-corrected chi connectivity index (χ2v) is 9.91. The number of carbonyl (C=O) groups excluding carboxylic acids is 1. The first kappa shape index (κ1) is 21.0. The van der Waals surface area contributed by atoms with Crippen LogP contribution in [0.4, 0.5) is 5.69 Å². The van der Waals surface area contributed by atoms with Gasteiger partial charge in [0, 0.05) is 0 Å². The van der Waals surface area contributed by atoms with Gasteiger partial charge in [0.25, 0.3) is 10.0 Å². The number of amides is 1. The van der Waals surface area contributed by atoms with E-state index in [1.807, 2.05) is 12.1 Å². The molecule has 0 spiro atoms. The van der Waals surface area contributed by atoms with Crippen LogP contribution in [-0.2, 0) is 21.2 Å². The highest BCUT2D eigenvalue weighted by atomic mass is 32.2. The second-order valence-electron chi connectivity index (χ2n) is 7.18. The van der Waals surface area contributed by atoms with Gasteiger partial charge >= 0.3 is 4.94 Å². The van der Waals surface area contributed by atoms with Crippen molar-refractivity contribution in [1.82, 2.24) is 0 Å². The quantitative estimate of drug-likeness (QED) is 0.446. The summed E-state index contributed by atoms with van der Waals surface area (Å²) in [5.41, 5.74) is 2.51. The standard InChI is InChI=1S/C23H19NO5S2/c1-15-8-9-16(2)21(12-15)31(27,28)24(22(25)13-17-6-4-3-5-7-17)18-10-11-19-20(14-18)30-23(26)29-19/h3-12,14H,13H2,1-2H3. The van der Waals surface area contributed by atoms with Gasteiger partial charge in [-0.3, -0.25) is 4.79 Å². The molecule has 158 valence electrons. The number of fused-ring (bicyclic) bond motifs is 1. The number of anilines is 1. The average Bonchev–Trinajstić information content (AvgIpc) is 3.09. The molecule has 0 unspecified atom stereocenters. The van der Waals surface area contributed by atoms with Crippen LogP contribution in [0.15, 0.2) is 80.8 Å². The van der Waals surface area contributed by atoms with Crippen LogP contribution in [0.2, 0.25) is 0 Å². The number of benzene rings is 3. The van der Waals surface area contributed by atoms with E-state index < -0.39 is 20.9 Å². The lowest BCUT2D eigenvalue weighted by Gasteiger charge is -2.24. The SMILES string of the molecule is Cc1ccc(C)c(S(=O)(=O)N(C(=O)Cc2ccccc2)c2ccc3oc(=O)sc3c2)c1. The Labute approximate surface area is 183 Å². The molecule has 0 radical (unpaired) electrons. The van der Waals surface area contributed by atoms with Crippen LogP contribution in [0.5, 0.6) is 0 Å². The summed E-state index contributed by atoms with van der Waals surface area (Å²) >= 11 is 0.856. The Morgan fingerprint density at radius 2 is 1.74 bits per heavy atom. The van der Waals surface area contributed by atoms with Crippen LogP contribution >= 0.6 is 11.3 Å². The van der Waals surface area contributed by atoms with Crippen LogP contribution in [0, 0.1) is 13.8 Å². The van der Waals surface area contributed by atoms with E-state index in [1.165, 1.54) is 18.2 Å². The lowest BCUT2D eigenvalue weighted by molar-refractivity contribution is -0.116. The molecule has 0 saturated carbocycles. The highest BCUT2D eigenvalue weighted by Crippen LogP contribution is 2.31. The molecule has 3 aromatic carbocycles. The van der Waals surface area contributed by atoms with Crippen molar-refractivity contribution < 1.29 is 17.6 Å². The maximum Gasteiger partial charge on any atom is 0.396 e. The van der Waals surface area contributed by atoms with Crippen molar-refractivity contribution in [2.45, 2.75) is 25.2 Å². The molecule has 4 aromatic rings. The fourth-order valence-corrected chi connectivity index (χ4v) is 5.76. The molecule has 0 bridgehead atoms. The third-order valence-corrected chi connectivity index (χ3v) is 7.51. The van der Waals surface area contributed by atoms with Crippen molar-refractivity contribution in [3.05, 3.63) is 93.2 Å². The zero-order valence-corrected chi connectivity index (χ0v) is 18.5. The third kappa shape index (κ3) is 4.17. The van der Waals surface area contributed by atoms with E-state index in [4.69, 9.17) is 4.42 Å². The van der Waals surface area contributed by atoms with E-state index in [1.54, 1.807) is 50.2 Å². The van der Waals surface area contributed by atoms with Crippen molar-refractivity contribution in [1.29, 1.82) is 0 Å². The van der Waals surface area contributed by atoms with E-state index in [0.717, 1.165) is 21.2 Å². The fourth-order valence-electron chi connectivity index (χ4n) is 3.33. The van der Waals surface area contributed by atoms with Crippen molar-refractivity contribution in [3.63, 3.8) is 0 Å². The zero-order valence-electron chi connectivity index (χ0n) is 16.9. The van der Waals surface area contributed by atoms with Gasteiger partial charge in [-0.2, -0.15) is 0 Å². The molecule has 1 heterocycles. The summed E-state index contributed by atoms with van der Waals surface area (Å²) in [7, 11) is -4.21. The summed E-state index contributed by atoms with van der Waals surface area (Å²) in [5, 5.41) is 0. The number of hydrogen-bond acceptors (Lipinski definition) is 6. The molecule has 0 fully saturated rings. The van der Waals surface area contributed by atoms with Crippen LogP contribution in [0.3, 0.4) is 0 Å². The van der Waals surface area contributed by atoms with Crippen LogP contribution in [0.25, 0.3) is 10.3 Å². The highest BCUT2D eigenvalue weighted by molar-refractivity contribution is 7.93. The summed E-state index contributed by atoms with van der Waals surface area (Å²) < 4.78 is 33.8. The van der Waals surface area contributed by atoms with Gasteiger partial charge < -0.3 is 4.42 Å². The lowest BCUT2D eigenvalue weighted by Crippen LogP contribution is -2.38. The first-order valence-electron chi connectivity index (χ1n) is 9.49. The van der Waals surface area contributed by atoms with Crippen molar-refractivity contribution in [2.24, 2.45) is 0 Å². The third-order valence-electron chi connectivity index (χ3n) is 4.83. The summed E-state index contributed by atoms with van der Waals surface area (Å²) in [6, 6.07) is 18.5. The molecule has 0 saturated heterocycles. The monoisotopic (exact) mass is 453 g/mol. The molecule has 31 heavy (non-hydrogen) atoms. The molecule has 0 aliphatic rings. The molecule has 4 rings (SSSR count). The first-order valence-corrected chi connectivity index (χ1v) is 11.7. The topological polar surface area (TPSA) is 84.7 Å². The first-order chi connectivity index (χ1) is 14.8. The number of rotatable bonds is 5. The largest absolute Gasteiger partial charge is 0.414 e. The minimum Gasteiger partial charge on any atom is -0.414 e. The Bertz CT molecular complexity index is 1440. The lowest BCUT2D eigenvalue weighted by atomic mass is 10.1. The fraction of sp³-hybridized carbons (Fsp3) is 0.130. The van der Waals surface area contributed by atoms with Gasteiger partial charge in [-0.15, -0.1) is 0 Å². The molecule has 0 aliphatic heterocycles. The Morgan fingerprint density at radius 3 is 2.48 bits per heavy atom. The van der Waals surface area contributed by atoms with E-state index in [-0.39, 0.29) is 17.0 Å². The smallest absolute Gasteiger partial charge is 0.396 e. The highest BCUT2D eigenvalue weighted by Gasteiger charge is 2.32. The van der Waals surface area contributed by atoms with Gasteiger partial charge in [0.2, 0.25) is 5.91 Å². The van der Waals surface area contributed by atoms with E-state index in [9.17, 15) is 18.0 Å². The number of hydrogen-bond donors (Lipinski definition) is 0. The second kappa shape index (κ2) is 8.13. The molecular weight excluding hydrogens is 434 g/mol. The molecule has 0 N–H and O–H groups in total. The van der Waals surface area contributed by atoms with Crippen molar-refractivity contribution >= 4 is 43.2 Å². The van der Waals surface area contributed by atoms with E-state index in [2.05, 4.69) is 0 Å². The Hall–Kier alpha value is -3.23. The molecule has 0 atom stereocenters. The molecular formula is C23H19NO5S2. The number of sulfonamides is 1. The Kier molecular flexibility index (Phi) is 5.51. The average molecular weight is 454 g/mol. The minimum atomic E-state index is -4.21. The van der Waals surface area contributed by atoms with Crippen LogP contribution in [0.1, 0.15) is 16.7 Å². The number of aryl methyl sites for hydroxylation is 2. The van der Waals surface area contributed by atoms with E-state index >= 15 is 0 Å². The predicted molar refractivity (Wildman–Crippen MR) is 121 cm³/mol.